The monoisotopic (exact) mass is 343 g/mol. The van der Waals surface area contributed by atoms with E-state index >= 15 is 0 Å². The first-order valence-electron chi connectivity index (χ1n) is 5.66. The van der Waals surface area contributed by atoms with Crippen LogP contribution in [0.1, 0.15) is 34.1 Å². The second kappa shape index (κ2) is 5.16. The number of carbonyl (C=O) groups is 2. The van der Waals surface area contributed by atoms with Crippen LogP contribution >= 0.6 is 22.6 Å². The van der Waals surface area contributed by atoms with Crippen molar-refractivity contribution < 1.29 is 9.59 Å². The molecule has 0 N–H and O–H groups in total. The number of imide groups is 1. The summed E-state index contributed by atoms with van der Waals surface area (Å²) in [5, 5.41) is 0. The van der Waals surface area contributed by atoms with Crippen molar-refractivity contribution in [1.29, 1.82) is 0 Å². The second-order valence-electron chi connectivity index (χ2n) is 4.35. The normalized spacial score (nSPS) is 16.2. The number of hydrogen-bond acceptors (Lipinski definition) is 2. The van der Waals surface area contributed by atoms with Crippen LogP contribution in [-0.4, -0.2) is 27.7 Å². The summed E-state index contributed by atoms with van der Waals surface area (Å²) in [4.78, 5) is 25.5. The molecule has 1 atom stereocenters. The Morgan fingerprint density at radius 3 is 2.18 bits per heavy atom. The average Bonchev–Trinajstić information content (AvgIpc) is 2.56. The number of carbonyl (C=O) groups excluding carboxylic acids is 2. The van der Waals surface area contributed by atoms with Crippen LogP contribution in [0.3, 0.4) is 0 Å². The maximum absolute atomic E-state index is 12.1. The molecule has 0 spiro atoms. The number of rotatable bonds is 4. The zero-order chi connectivity index (χ0) is 12.4. The van der Waals surface area contributed by atoms with E-state index in [0.717, 1.165) is 10.8 Å². The third-order valence-corrected chi connectivity index (χ3v) is 3.60. The number of fused-ring (bicyclic) bond motifs is 1. The average molecular weight is 343 g/mol. The molecule has 0 aromatic heterocycles. The fraction of sp³-hybridized carbons (Fsp3) is 0.385. The van der Waals surface area contributed by atoms with Crippen LogP contribution in [0.2, 0.25) is 0 Å². The van der Waals surface area contributed by atoms with Gasteiger partial charge in [-0.15, -0.1) is 0 Å². The Morgan fingerprint density at radius 2 is 1.71 bits per heavy atom. The molecule has 0 fully saturated rings. The van der Waals surface area contributed by atoms with Gasteiger partial charge < -0.3 is 0 Å². The number of halogens is 1. The summed E-state index contributed by atoms with van der Waals surface area (Å²) >= 11 is 2.31. The van der Waals surface area contributed by atoms with Crippen molar-refractivity contribution in [2.24, 2.45) is 5.92 Å². The van der Waals surface area contributed by atoms with Crippen molar-refractivity contribution >= 4 is 34.4 Å². The Labute approximate surface area is 114 Å². The summed E-state index contributed by atoms with van der Waals surface area (Å²) in [5.74, 6) is 0.0610. The van der Waals surface area contributed by atoms with Crippen LogP contribution in [0.5, 0.6) is 0 Å². The maximum Gasteiger partial charge on any atom is 0.261 e. The fourth-order valence-corrected chi connectivity index (χ4v) is 3.06. The van der Waals surface area contributed by atoms with Crippen LogP contribution in [0.15, 0.2) is 24.3 Å². The molecule has 1 aromatic rings. The minimum absolute atomic E-state index is 0.147. The van der Waals surface area contributed by atoms with Crippen LogP contribution in [0, 0.1) is 5.92 Å². The van der Waals surface area contributed by atoms with E-state index in [2.05, 4.69) is 29.5 Å². The molecule has 0 radical (unpaired) electrons. The fourth-order valence-electron chi connectivity index (χ4n) is 1.99. The lowest BCUT2D eigenvalue weighted by molar-refractivity contribution is 0.0632. The van der Waals surface area contributed by atoms with E-state index in [0.29, 0.717) is 23.6 Å². The molecule has 0 saturated carbocycles. The highest BCUT2D eigenvalue weighted by Gasteiger charge is 2.35. The summed E-state index contributed by atoms with van der Waals surface area (Å²) in [6.45, 7) is 2.59. The Kier molecular flexibility index (Phi) is 3.81. The lowest BCUT2D eigenvalue weighted by Gasteiger charge is -2.18. The first-order valence-corrected chi connectivity index (χ1v) is 7.19. The minimum atomic E-state index is -0.147. The second-order valence-corrected chi connectivity index (χ2v) is 5.43. The van der Waals surface area contributed by atoms with Crippen LogP contribution < -0.4 is 0 Å². The first kappa shape index (κ1) is 12.5. The summed E-state index contributed by atoms with van der Waals surface area (Å²) < 4.78 is 1.04. The van der Waals surface area contributed by atoms with E-state index in [4.69, 9.17) is 0 Å². The predicted octanol–water partition coefficient (Wildman–Crippen LogP) is 2.74. The van der Waals surface area contributed by atoms with Gasteiger partial charge in [-0.2, -0.15) is 0 Å². The van der Waals surface area contributed by atoms with Crippen molar-refractivity contribution in [2.45, 2.75) is 13.3 Å². The van der Waals surface area contributed by atoms with Gasteiger partial charge in [0.2, 0.25) is 0 Å². The van der Waals surface area contributed by atoms with Gasteiger partial charge in [0, 0.05) is 6.54 Å². The first-order chi connectivity index (χ1) is 8.15. The van der Waals surface area contributed by atoms with Gasteiger partial charge in [0.25, 0.3) is 11.8 Å². The van der Waals surface area contributed by atoms with Crippen LogP contribution in [-0.2, 0) is 0 Å². The van der Waals surface area contributed by atoms with Crippen molar-refractivity contribution in [1.82, 2.24) is 4.90 Å². The molecule has 4 heteroatoms. The van der Waals surface area contributed by atoms with Crippen molar-refractivity contribution in [3.63, 3.8) is 0 Å². The molecule has 1 aromatic carbocycles. The highest BCUT2D eigenvalue weighted by Crippen LogP contribution is 2.23. The number of nitrogens with zero attached hydrogens (tertiary/aromatic N) is 1. The lowest BCUT2D eigenvalue weighted by atomic mass is 10.1. The maximum atomic E-state index is 12.1. The largest absolute Gasteiger partial charge is 0.274 e. The van der Waals surface area contributed by atoms with Gasteiger partial charge in [-0.25, -0.2) is 0 Å². The van der Waals surface area contributed by atoms with Crippen molar-refractivity contribution in [3.8, 4) is 0 Å². The summed E-state index contributed by atoms with van der Waals surface area (Å²) in [7, 11) is 0. The molecule has 2 rings (SSSR count). The molecule has 0 bridgehead atoms. The van der Waals surface area contributed by atoms with Gasteiger partial charge in [0.1, 0.15) is 0 Å². The third kappa shape index (κ3) is 2.36. The topological polar surface area (TPSA) is 37.4 Å². The lowest BCUT2D eigenvalue weighted by Crippen LogP contribution is -2.33. The molecule has 3 nitrogen and oxygen atoms in total. The number of benzene rings is 1. The van der Waals surface area contributed by atoms with Crippen molar-refractivity contribution in [2.75, 3.05) is 11.0 Å². The van der Waals surface area contributed by atoms with E-state index in [1.807, 2.05) is 0 Å². The minimum Gasteiger partial charge on any atom is -0.274 e. The molecule has 1 unspecified atom stereocenters. The molecule has 2 amide bonds. The summed E-state index contributed by atoms with van der Waals surface area (Å²) in [5.41, 5.74) is 1.08. The molecule has 90 valence electrons. The van der Waals surface area contributed by atoms with Crippen LogP contribution in [0.4, 0.5) is 0 Å². The molecule has 0 saturated heterocycles. The van der Waals surface area contributed by atoms with Gasteiger partial charge in [-0.05, 0) is 28.9 Å². The van der Waals surface area contributed by atoms with Gasteiger partial charge >= 0.3 is 0 Å². The van der Waals surface area contributed by atoms with E-state index in [1.165, 1.54) is 4.90 Å². The summed E-state index contributed by atoms with van der Waals surface area (Å²) in [6, 6.07) is 7.03. The van der Waals surface area contributed by atoms with Gasteiger partial charge in [0.15, 0.2) is 0 Å². The van der Waals surface area contributed by atoms with E-state index in [1.54, 1.807) is 24.3 Å². The molecular weight excluding hydrogens is 329 g/mol. The smallest absolute Gasteiger partial charge is 0.261 e. The van der Waals surface area contributed by atoms with Gasteiger partial charge in [0.05, 0.1) is 11.1 Å². The SMILES string of the molecule is CC(CCI)CN1C(=O)c2ccccc2C1=O. The number of amides is 2. The predicted molar refractivity (Wildman–Crippen MR) is 74.5 cm³/mol. The van der Waals surface area contributed by atoms with Gasteiger partial charge in [-0.1, -0.05) is 41.6 Å². The molecular formula is C13H14INO2. The van der Waals surface area contributed by atoms with E-state index in [9.17, 15) is 9.59 Å². The zero-order valence-corrected chi connectivity index (χ0v) is 11.8. The summed E-state index contributed by atoms with van der Waals surface area (Å²) in [6.07, 6.45) is 1.02. The highest BCUT2D eigenvalue weighted by molar-refractivity contribution is 14.1. The molecule has 17 heavy (non-hydrogen) atoms. The molecule has 1 aliphatic heterocycles. The zero-order valence-electron chi connectivity index (χ0n) is 9.65. The Morgan fingerprint density at radius 1 is 1.18 bits per heavy atom. The third-order valence-electron chi connectivity index (χ3n) is 2.97. The van der Waals surface area contributed by atoms with Gasteiger partial charge in [-0.3, -0.25) is 14.5 Å². The molecule has 0 aliphatic carbocycles. The number of alkyl halides is 1. The highest BCUT2D eigenvalue weighted by atomic mass is 127. The van der Waals surface area contributed by atoms with E-state index < -0.39 is 0 Å². The van der Waals surface area contributed by atoms with Crippen LogP contribution in [0.25, 0.3) is 0 Å². The number of hydrogen-bond donors (Lipinski definition) is 0. The Balaban J connectivity index is 2.19. The molecule has 1 heterocycles. The van der Waals surface area contributed by atoms with E-state index in [-0.39, 0.29) is 11.8 Å². The standard InChI is InChI=1S/C13H14INO2/c1-9(6-7-14)8-15-12(16)10-4-2-3-5-11(10)13(15)17/h2-5,9H,6-8H2,1H3. The molecule has 1 aliphatic rings. The quantitative estimate of drug-likeness (QED) is 0.479. The Hall–Kier alpha value is -0.910. The Bertz CT molecular complexity index is 423. The van der Waals surface area contributed by atoms with Crippen molar-refractivity contribution in [3.05, 3.63) is 35.4 Å².